The number of piperidine rings is 1. The van der Waals surface area contributed by atoms with E-state index in [2.05, 4.69) is 38.6 Å². The van der Waals surface area contributed by atoms with E-state index < -0.39 is 0 Å². The second kappa shape index (κ2) is 6.36. The topological polar surface area (TPSA) is 0 Å². The molecule has 2 aliphatic heterocycles. The highest BCUT2D eigenvalue weighted by atomic mass is 15.4. The van der Waals surface area contributed by atoms with Gasteiger partial charge >= 0.3 is 0 Å². The number of nitrogens with zero attached hydrogens (tertiary/aromatic N) is 1. The standard InChI is InChI=1S/C18H26N.C2H6/c1-4-15-9-8-10-17-16(15)11-14-19(18(17,2)3)12-6-5-7-13-19;1-2/h4,8-10H,1,5-7,11-14H2,2-3H3;1-2H3/q+1;. The van der Waals surface area contributed by atoms with Crippen LogP contribution < -0.4 is 0 Å². The Morgan fingerprint density at radius 1 is 1.05 bits per heavy atom. The summed E-state index contributed by atoms with van der Waals surface area (Å²) in [5.74, 6) is 0. The zero-order chi connectivity index (χ0) is 15.5. The van der Waals surface area contributed by atoms with Crippen molar-refractivity contribution in [1.82, 2.24) is 0 Å². The quantitative estimate of drug-likeness (QED) is 0.626. The van der Waals surface area contributed by atoms with Crippen LogP contribution in [0.3, 0.4) is 0 Å². The maximum Gasteiger partial charge on any atom is 0.119 e. The Kier molecular flexibility index (Phi) is 4.93. The fraction of sp³-hybridized carbons (Fsp3) is 0.600. The molecule has 2 aliphatic rings. The van der Waals surface area contributed by atoms with E-state index in [1.54, 1.807) is 11.1 Å². The molecule has 1 spiro atoms. The molecule has 0 amide bonds. The second-order valence-corrected chi connectivity index (χ2v) is 6.76. The van der Waals surface area contributed by atoms with Gasteiger partial charge in [-0.2, -0.15) is 0 Å². The first-order valence-corrected chi connectivity index (χ1v) is 8.72. The molecule has 1 saturated heterocycles. The van der Waals surface area contributed by atoms with E-state index in [-0.39, 0.29) is 5.54 Å². The Morgan fingerprint density at radius 2 is 1.71 bits per heavy atom. The van der Waals surface area contributed by atoms with Crippen molar-refractivity contribution in [1.29, 1.82) is 0 Å². The first-order valence-electron chi connectivity index (χ1n) is 8.72. The van der Waals surface area contributed by atoms with Gasteiger partial charge in [0.1, 0.15) is 5.54 Å². The second-order valence-electron chi connectivity index (χ2n) is 6.76. The van der Waals surface area contributed by atoms with Crippen LogP contribution in [-0.2, 0) is 12.0 Å². The number of quaternary nitrogens is 1. The van der Waals surface area contributed by atoms with E-state index in [1.165, 1.54) is 55.4 Å². The average molecular weight is 286 g/mol. The lowest BCUT2D eigenvalue weighted by molar-refractivity contribution is -0.986. The number of fused-ring (bicyclic) bond motifs is 1. The van der Waals surface area contributed by atoms with Gasteiger partial charge in [-0.05, 0) is 44.2 Å². The lowest BCUT2D eigenvalue weighted by Gasteiger charge is -2.55. The van der Waals surface area contributed by atoms with Crippen LogP contribution in [-0.4, -0.2) is 24.1 Å². The van der Waals surface area contributed by atoms with E-state index >= 15 is 0 Å². The molecule has 0 unspecified atom stereocenters. The van der Waals surface area contributed by atoms with Crippen LogP contribution >= 0.6 is 0 Å². The van der Waals surface area contributed by atoms with Crippen LogP contribution in [0.4, 0.5) is 0 Å². The monoisotopic (exact) mass is 286 g/mol. The van der Waals surface area contributed by atoms with E-state index in [1.807, 2.05) is 19.9 Å². The molecule has 1 heteroatoms. The molecule has 1 fully saturated rings. The Morgan fingerprint density at radius 3 is 2.33 bits per heavy atom. The van der Waals surface area contributed by atoms with Crippen molar-refractivity contribution < 1.29 is 4.48 Å². The first-order chi connectivity index (χ1) is 10.1. The van der Waals surface area contributed by atoms with Gasteiger partial charge in [0.2, 0.25) is 0 Å². The van der Waals surface area contributed by atoms with E-state index in [0.29, 0.717) is 0 Å². The molecule has 3 rings (SSSR count). The van der Waals surface area contributed by atoms with Crippen molar-refractivity contribution in [2.75, 3.05) is 19.6 Å². The van der Waals surface area contributed by atoms with E-state index in [9.17, 15) is 0 Å². The van der Waals surface area contributed by atoms with Gasteiger partial charge in [-0.3, -0.25) is 0 Å². The van der Waals surface area contributed by atoms with E-state index in [4.69, 9.17) is 0 Å². The van der Waals surface area contributed by atoms with Crippen molar-refractivity contribution in [3.8, 4) is 0 Å². The third-order valence-corrected chi connectivity index (χ3v) is 5.74. The smallest absolute Gasteiger partial charge is 0.119 e. The maximum atomic E-state index is 3.99. The Labute approximate surface area is 131 Å². The normalized spacial score (nSPS) is 21.9. The lowest BCUT2D eigenvalue weighted by atomic mass is 9.77. The Balaban J connectivity index is 0.000000774. The molecule has 1 aromatic rings. The Bertz CT molecular complexity index is 493. The average Bonchev–Trinajstić information content (AvgIpc) is 2.54. The third-order valence-electron chi connectivity index (χ3n) is 5.74. The summed E-state index contributed by atoms with van der Waals surface area (Å²) in [6.45, 7) is 17.0. The lowest BCUT2D eigenvalue weighted by Crippen LogP contribution is -2.64. The molecule has 0 aliphatic carbocycles. The van der Waals surface area contributed by atoms with Crippen LogP contribution in [0, 0.1) is 0 Å². The van der Waals surface area contributed by atoms with Crippen molar-refractivity contribution >= 4 is 6.08 Å². The molecule has 0 saturated carbocycles. The fourth-order valence-corrected chi connectivity index (χ4v) is 4.41. The molecule has 1 aromatic carbocycles. The van der Waals surface area contributed by atoms with Crippen molar-refractivity contribution in [2.45, 2.75) is 58.9 Å². The minimum atomic E-state index is 0.257. The highest BCUT2D eigenvalue weighted by molar-refractivity contribution is 5.56. The van der Waals surface area contributed by atoms with Crippen molar-refractivity contribution in [2.24, 2.45) is 0 Å². The van der Waals surface area contributed by atoms with Gasteiger partial charge < -0.3 is 4.48 Å². The van der Waals surface area contributed by atoms with Gasteiger partial charge in [-0.1, -0.05) is 44.7 Å². The molecule has 0 atom stereocenters. The van der Waals surface area contributed by atoms with Gasteiger partial charge in [-0.25, -0.2) is 0 Å². The number of rotatable bonds is 1. The highest BCUT2D eigenvalue weighted by Crippen LogP contribution is 2.44. The predicted octanol–water partition coefficient (Wildman–Crippen LogP) is 5.15. The van der Waals surface area contributed by atoms with Crippen molar-refractivity contribution in [3.05, 3.63) is 41.5 Å². The van der Waals surface area contributed by atoms with Crippen LogP contribution in [0.25, 0.3) is 6.08 Å². The minimum absolute atomic E-state index is 0.257. The summed E-state index contributed by atoms with van der Waals surface area (Å²) in [5, 5.41) is 0. The highest BCUT2D eigenvalue weighted by Gasteiger charge is 2.49. The molecule has 0 N–H and O–H groups in total. The molecular formula is C20H32N+. The van der Waals surface area contributed by atoms with Crippen LogP contribution in [0.5, 0.6) is 0 Å². The number of benzene rings is 1. The SMILES string of the molecule is C=Cc1cccc2c1CC[N+]1(CCCCC1)C2(C)C.CC. The summed E-state index contributed by atoms with van der Waals surface area (Å²) < 4.78 is 1.31. The molecule has 0 radical (unpaired) electrons. The summed E-state index contributed by atoms with van der Waals surface area (Å²) in [6, 6.07) is 6.78. The summed E-state index contributed by atoms with van der Waals surface area (Å²) in [6.07, 6.45) is 7.48. The number of hydrogen-bond donors (Lipinski definition) is 0. The van der Waals surface area contributed by atoms with Crippen molar-refractivity contribution in [3.63, 3.8) is 0 Å². The molecule has 0 bridgehead atoms. The zero-order valence-corrected chi connectivity index (χ0v) is 14.4. The first kappa shape index (κ1) is 16.3. The number of hydrogen-bond acceptors (Lipinski definition) is 0. The summed E-state index contributed by atoms with van der Waals surface area (Å²) in [5.41, 5.74) is 4.72. The van der Waals surface area contributed by atoms with Gasteiger partial charge in [0.15, 0.2) is 0 Å². The molecule has 0 aromatic heterocycles. The van der Waals surface area contributed by atoms with Gasteiger partial charge in [0.25, 0.3) is 0 Å². The minimum Gasteiger partial charge on any atom is -0.315 e. The molecule has 21 heavy (non-hydrogen) atoms. The third kappa shape index (κ3) is 2.57. The summed E-state index contributed by atoms with van der Waals surface area (Å²) >= 11 is 0. The van der Waals surface area contributed by atoms with Crippen LogP contribution in [0.15, 0.2) is 24.8 Å². The molecule has 1 nitrogen and oxygen atoms in total. The van der Waals surface area contributed by atoms with Gasteiger partial charge in [0, 0.05) is 12.0 Å². The maximum absolute atomic E-state index is 3.99. The van der Waals surface area contributed by atoms with Gasteiger partial charge in [0.05, 0.1) is 19.6 Å². The zero-order valence-electron chi connectivity index (χ0n) is 14.4. The largest absolute Gasteiger partial charge is 0.315 e. The van der Waals surface area contributed by atoms with E-state index in [0.717, 1.165) is 0 Å². The molecule has 2 heterocycles. The van der Waals surface area contributed by atoms with Crippen LogP contribution in [0.2, 0.25) is 0 Å². The fourth-order valence-electron chi connectivity index (χ4n) is 4.41. The van der Waals surface area contributed by atoms with Gasteiger partial charge in [-0.15, -0.1) is 0 Å². The van der Waals surface area contributed by atoms with Crippen LogP contribution in [0.1, 0.15) is 63.6 Å². The molecular weight excluding hydrogens is 254 g/mol. The predicted molar refractivity (Wildman–Crippen MR) is 93.3 cm³/mol. The summed E-state index contributed by atoms with van der Waals surface area (Å²) in [7, 11) is 0. The summed E-state index contributed by atoms with van der Waals surface area (Å²) in [4.78, 5) is 0. The Hall–Kier alpha value is -1.08. The molecule has 116 valence electrons.